The molecule has 166 valence electrons. The number of benzene rings is 1. The van der Waals surface area contributed by atoms with E-state index in [1.165, 1.54) is 11.3 Å². The van der Waals surface area contributed by atoms with Crippen LogP contribution >= 0.6 is 11.3 Å². The molecule has 0 fully saturated rings. The Bertz CT molecular complexity index is 1090. The molecular weight excluding hydrogens is 424 g/mol. The highest BCUT2D eigenvalue weighted by molar-refractivity contribution is 7.14. The summed E-state index contributed by atoms with van der Waals surface area (Å²) in [4.78, 5) is 39.0. The predicted octanol–water partition coefficient (Wildman–Crippen LogP) is 3.66. The normalized spacial score (nSPS) is 12.6. The number of carbonyl (C=O) groups excluding carboxylic acids is 3. The number of aryl methyl sites for hydroxylation is 1. The van der Waals surface area contributed by atoms with Gasteiger partial charge in [-0.15, -0.1) is 11.3 Å². The third kappa shape index (κ3) is 5.88. The fourth-order valence-corrected chi connectivity index (χ4v) is 4.13. The summed E-state index contributed by atoms with van der Waals surface area (Å²) in [6.07, 6.45) is 4.21. The van der Waals surface area contributed by atoms with Crippen LogP contribution in [-0.2, 0) is 16.6 Å². The fourth-order valence-electron chi connectivity index (χ4n) is 3.12. The van der Waals surface area contributed by atoms with Gasteiger partial charge in [0.2, 0.25) is 5.78 Å². The maximum Gasteiger partial charge on any atom is 0.314 e. The van der Waals surface area contributed by atoms with Crippen molar-refractivity contribution in [3.8, 4) is 0 Å². The van der Waals surface area contributed by atoms with Gasteiger partial charge in [0.25, 0.3) is 5.91 Å². The molecule has 0 aliphatic heterocycles. The van der Waals surface area contributed by atoms with Crippen LogP contribution in [0.25, 0.3) is 0 Å². The number of hydrogen-bond acceptors (Lipinski definition) is 5. The molecule has 3 aromatic rings. The van der Waals surface area contributed by atoms with Crippen molar-refractivity contribution >= 4 is 29.0 Å². The zero-order chi connectivity index (χ0) is 23.1. The highest BCUT2D eigenvalue weighted by Crippen LogP contribution is 2.27. The Labute approximate surface area is 191 Å². The third-order valence-electron chi connectivity index (χ3n) is 5.12. The number of nitrogens with one attached hydrogen (secondary N) is 1. The van der Waals surface area contributed by atoms with Gasteiger partial charge in [-0.2, -0.15) is 0 Å². The van der Waals surface area contributed by atoms with Gasteiger partial charge in [0.15, 0.2) is 12.4 Å². The monoisotopic (exact) mass is 451 g/mol. The van der Waals surface area contributed by atoms with Crippen LogP contribution in [0.15, 0.2) is 67.0 Å². The second kappa shape index (κ2) is 10.8. The van der Waals surface area contributed by atoms with Crippen LogP contribution in [0.5, 0.6) is 0 Å². The molecule has 1 N–H and O–H groups in total. The van der Waals surface area contributed by atoms with E-state index in [2.05, 4.69) is 5.32 Å². The summed E-state index contributed by atoms with van der Waals surface area (Å²) >= 11 is 1.30. The maximum absolute atomic E-state index is 12.6. The van der Waals surface area contributed by atoms with Crippen molar-refractivity contribution in [1.82, 2.24) is 5.32 Å². The molecule has 7 heteroatoms. The minimum absolute atomic E-state index is 0.0644. The molecule has 2 heterocycles. The number of pyridine rings is 1. The van der Waals surface area contributed by atoms with Crippen LogP contribution in [0, 0.1) is 0 Å². The Balaban J connectivity index is 1.56. The Kier molecular flexibility index (Phi) is 7.89. The highest BCUT2D eigenvalue weighted by atomic mass is 32.1. The molecule has 0 saturated carbocycles. The van der Waals surface area contributed by atoms with Crippen LogP contribution < -0.4 is 9.88 Å². The molecule has 2 atom stereocenters. The van der Waals surface area contributed by atoms with Crippen LogP contribution in [0.1, 0.15) is 56.7 Å². The summed E-state index contributed by atoms with van der Waals surface area (Å²) < 4.78 is 7.29. The lowest BCUT2D eigenvalue weighted by Gasteiger charge is -2.18. The molecule has 32 heavy (non-hydrogen) atoms. The number of carbonyl (C=O) groups is 3. The first-order chi connectivity index (χ1) is 15.4. The van der Waals surface area contributed by atoms with E-state index in [0.717, 1.165) is 4.88 Å². The van der Waals surface area contributed by atoms with Gasteiger partial charge in [0.1, 0.15) is 19.2 Å². The molecule has 0 spiro atoms. The zero-order valence-corrected chi connectivity index (χ0v) is 19.2. The number of hydrogen-bond donors (Lipinski definition) is 1. The Morgan fingerprint density at radius 3 is 2.44 bits per heavy atom. The van der Waals surface area contributed by atoms with E-state index in [-0.39, 0.29) is 30.3 Å². The average Bonchev–Trinajstić information content (AvgIpc) is 3.31. The summed E-state index contributed by atoms with van der Waals surface area (Å²) in [6, 6.07) is 15.8. The summed E-state index contributed by atoms with van der Waals surface area (Å²) in [6.45, 7) is 3.77. The number of ether oxygens (including phenoxy) is 1. The second-order valence-corrected chi connectivity index (χ2v) is 8.70. The topological polar surface area (TPSA) is 76.3 Å². The molecule has 3 rings (SSSR count). The van der Waals surface area contributed by atoms with Crippen LogP contribution in [0.2, 0.25) is 0 Å². The first-order valence-electron chi connectivity index (χ1n) is 10.5. The van der Waals surface area contributed by atoms with Crippen LogP contribution in [-0.4, -0.2) is 30.3 Å². The quantitative estimate of drug-likeness (QED) is 0.306. The molecule has 1 aromatic carbocycles. The molecule has 0 saturated heterocycles. The van der Waals surface area contributed by atoms with Gasteiger partial charge < -0.3 is 10.1 Å². The fraction of sp³-hybridized carbons (Fsp3) is 0.280. The number of amides is 1. The van der Waals surface area contributed by atoms with Gasteiger partial charge in [-0.1, -0.05) is 37.3 Å². The van der Waals surface area contributed by atoms with E-state index in [1.807, 2.05) is 38.4 Å². The standard InChI is InChI=1S/C25H26N2O4S/c1-4-20(26-24(29)19-11-8-14-27(3)15-19)16-31-25(30)17(2)21-12-13-22(32-21)23(28)18-9-6-5-7-10-18/h5-15,17,20H,4,16H2,1-3H3/p+1. The Hall–Kier alpha value is -3.32. The Morgan fingerprint density at radius 2 is 1.75 bits per heavy atom. The number of thiophene rings is 1. The summed E-state index contributed by atoms with van der Waals surface area (Å²) in [7, 11) is 1.85. The summed E-state index contributed by atoms with van der Waals surface area (Å²) in [5, 5.41) is 2.91. The van der Waals surface area contributed by atoms with Crippen molar-refractivity contribution in [3.63, 3.8) is 0 Å². The van der Waals surface area contributed by atoms with Gasteiger partial charge in [-0.25, -0.2) is 4.57 Å². The minimum atomic E-state index is -0.501. The van der Waals surface area contributed by atoms with Crippen molar-refractivity contribution in [1.29, 1.82) is 0 Å². The molecule has 2 aromatic heterocycles. The van der Waals surface area contributed by atoms with Gasteiger partial charge >= 0.3 is 5.97 Å². The first-order valence-corrected chi connectivity index (χ1v) is 11.3. The molecule has 0 aliphatic carbocycles. The van der Waals surface area contributed by atoms with Crippen molar-refractivity contribution in [2.24, 2.45) is 7.05 Å². The van der Waals surface area contributed by atoms with E-state index in [0.29, 0.717) is 22.4 Å². The molecule has 2 unspecified atom stereocenters. The average molecular weight is 452 g/mol. The van der Waals surface area contributed by atoms with Crippen LogP contribution in [0.3, 0.4) is 0 Å². The second-order valence-electron chi connectivity index (χ2n) is 7.59. The van der Waals surface area contributed by atoms with E-state index in [1.54, 1.807) is 54.1 Å². The van der Waals surface area contributed by atoms with Crippen molar-refractivity contribution < 1.29 is 23.7 Å². The lowest BCUT2D eigenvalue weighted by Crippen LogP contribution is -2.39. The van der Waals surface area contributed by atoms with Gasteiger partial charge in [-0.3, -0.25) is 14.4 Å². The van der Waals surface area contributed by atoms with Gasteiger partial charge in [0, 0.05) is 16.5 Å². The number of aromatic nitrogens is 1. The van der Waals surface area contributed by atoms with Gasteiger partial charge in [0.05, 0.1) is 16.8 Å². The predicted molar refractivity (Wildman–Crippen MR) is 123 cm³/mol. The molecule has 6 nitrogen and oxygen atoms in total. The van der Waals surface area contributed by atoms with Crippen molar-refractivity contribution in [2.75, 3.05) is 6.61 Å². The first kappa shape index (κ1) is 23.3. The van der Waals surface area contributed by atoms with E-state index in [9.17, 15) is 14.4 Å². The molecule has 1 amide bonds. The van der Waals surface area contributed by atoms with E-state index < -0.39 is 5.92 Å². The Morgan fingerprint density at radius 1 is 1.03 bits per heavy atom. The van der Waals surface area contributed by atoms with Crippen molar-refractivity contribution in [3.05, 3.63) is 87.9 Å². The SMILES string of the molecule is CCC(COC(=O)C(C)c1ccc(C(=O)c2ccccc2)s1)NC(=O)c1ccc[n+](C)c1. The molecule has 0 aliphatic rings. The number of rotatable bonds is 9. The smallest absolute Gasteiger partial charge is 0.314 e. The zero-order valence-electron chi connectivity index (χ0n) is 18.4. The number of esters is 1. The van der Waals surface area contributed by atoms with Crippen LogP contribution in [0.4, 0.5) is 0 Å². The third-order valence-corrected chi connectivity index (χ3v) is 6.39. The molecular formula is C25H27N2O4S+. The van der Waals surface area contributed by atoms with E-state index >= 15 is 0 Å². The number of ketones is 1. The minimum Gasteiger partial charge on any atom is -0.463 e. The van der Waals surface area contributed by atoms with Gasteiger partial charge in [-0.05, 0) is 31.5 Å². The lowest BCUT2D eigenvalue weighted by atomic mass is 10.1. The lowest BCUT2D eigenvalue weighted by molar-refractivity contribution is -0.671. The largest absolute Gasteiger partial charge is 0.463 e. The maximum atomic E-state index is 12.6. The molecule has 0 radical (unpaired) electrons. The number of nitrogens with zero attached hydrogens (tertiary/aromatic N) is 1. The summed E-state index contributed by atoms with van der Waals surface area (Å²) in [5.74, 6) is -1.16. The van der Waals surface area contributed by atoms with Crippen molar-refractivity contribution in [2.45, 2.75) is 32.2 Å². The molecule has 0 bridgehead atoms. The highest BCUT2D eigenvalue weighted by Gasteiger charge is 2.23. The summed E-state index contributed by atoms with van der Waals surface area (Å²) in [5.41, 5.74) is 1.16. The van der Waals surface area contributed by atoms with E-state index in [4.69, 9.17) is 4.74 Å².